The van der Waals surface area contributed by atoms with Crippen molar-refractivity contribution in [2.45, 2.75) is 6.92 Å². The first kappa shape index (κ1) is 12.3. The third-order valence-corrected chi connectivity index (χ3v) is 2.32. The van der Waals surface area contributed by atoms with Gasteiger partial charge in [0.05, 0.1) is 5.71 Å². The van der Waals surface area contributed by atoms with Gasteiger partial charge < -0.3 is 10.8 Å². The van der Waals surface area contributed by atoms with Gasteiger partial charge in [-0.25, -0.2) is 0 Å². The lowest BCUT2D eigenvalue weighted by molar-refractivity contribution is 0.487. The van der Waals surface area contributed by atoms with Crippen LogP contribution in [0, 0.1) is 0 Å². The molecule has 1 rings (SSSR count). The summed E-state index contributed by atoms with van der Waals surface area (Å²) in [7, 11) is 0. The van der Waals surface area contributed by atoms with Crippen molar-refractivity contribution in [2.24, 2.45) is 10.8 Å². The molecule has 0 atom stereocenters. The summed E-state index contributed by atoms with van der Waals surface area (Å²) in [4.78, 5) is 23.6. The molecule has 0 amide bonds. The highest BCUT2D eigenvalue weighted by Crippen LogP contribution is 2.14. The molecule has 0 unspecified atom stereocenters. The number of nitrogens with zero attached hydrogens (tertiary/aromatic N) is 1. The van der Waals surface area contributed by atoms with Crippen LogP contribution < -0.4 is 21.6 Å². The number of H-pyrrole nitrogens is 1. The number of hydrogen-bond acceptors (Lipinski definition) is 6. The van der Waals surface area contributed by atoms with Crippen LogP contribution in [0.25, 0.3) is 0 Å². The third kappa shape index (κ3) is 2.87. The van der Waals surface area contributed by atoms with Gasteiger partial charge in [0.25, 0.3) is 5.56 Å². The highest BCUT2D eigenvalue weighted by atomic mass is 32.1. The number of aromatic nitrogens is 1. The minimum absolute atomic E-state index is 0.0700. The Balaban J connectivity index is 3.24. The van der Waals surface area contributed by atoms with Gasteiger partial charge in [-0.3, -0.25) is 20.0 Å². The smallest absolute Gasteiger partial charge is 0.310 e. The zero-order valence-electron chi connectivity index (χ0n) is 8.10. The average molecular weight is 260 g/mol. The number of hydrazone groups is 1. The molecule has 7 nitrogen and oxygen atoms in total. The van der Waals surface area contributed by atoms with Crippen LogP contribution in [0.2, 0.25) is 0 Å². The molecule has 5 N–H and O–H groups in total. The van der Waals surface area contributed by atoms with Crippen molar-refractivity contribution in [2.75, 3.05) is 0 Å². The second-order valence-electron chi connectivity index (χ2n) is 2.70. The number of rotatable bonds is 2. The van der Waals surface area contributed by atoms with Crippen LogP contribution in [0.3, 0.4) is 0 Å². The van der Waals surface area contributed by atoms with E-state index in [4.69, 9.17) is 5.73 Å². The van der Waals surface area contributed by atoms with Gasteiger partial charge in [-0.15, -0.1) is 0 Å². The van der Waals surface area contributed by atoms with Gasteiger partial charge in [0.15, 0.2) is 10.2 Å². The van der Waals surface area contributed by atoms with Crippen molar-refractivity contribution in [1.29, 1.82) is 0 Å². The van der Waals surface area contributed by atoms with Gasteiger partial charge in [-0.05, 0) is 30.5 Å². The lowest BCUT2D eigenvalue weighted by atomic mass is 10.2. The molecule has 0 radical (unpaired) electrons. The van der Waals surface area contributed by atoms with Crippen LogP contribution in [0.1, 0.15) is 12.5 Å². The quantitative estimate of drug-likeness (QED) is 0.309. The Morgan fingerprint density at radius 3 is 2.75 bits per heavy atom. The fraction of sp³-hybridized carbons (Fsp3) is 0.143. The predicted octanol–water partition coefficient (Wildman–Crippen LogP) is -0.941. The Labute approximate surface area is 98.6 Å². The normalized spacial score (nSPS) is 11.2. The molecule has 0 fully saturated rings. The summed E-state index contributed by atoms with van der Waals surface area (Å²) in [6, 6.07) is 0. The second-order valence-corrected chi connectivity index (χ2v) is 4.10. The highest BCUT2D eigenvalue weighted by molar-refractivity contribution is 7.80. The van der Waals surface area contributed by atoms with Crippen molar-refractivity contribution in [3.8, 4) is 5.06 Å². The first-order valence-electron chi connectivity index (χ1n) is 3.98. The zero-order valence-corrected chi connectivity index (χ0v) is 9.74. The Bertz CT molecular complexity index is 559. The molecular formula is C7H8N4O3S2. The summed E-state index contributed by atoms with van der Waals surface area (Å²) in [6.45, 7) is 1.47. The van der Waals surface area contributed by atoms with E-state index >= 15 is 0 Å². The van der Waals surface area contributed by atoms with Crippen molar-refractivity contribution in [1.82, 2.24) is 10.4 Å². The molecular weight excluding hydrogens is 252 g/mol. The van der Waals surface area contributed by atoms with Gasteiger partial charge in [-0.2, -0.15) is 5.10 Å². The molecule has 1 heterocycles. The minimum atomic E-state index is -0.716. The van der Waals surface area contributed by atoms with E-state index in [9.17, 15) is 14.7 Å². The molecule has 1 aromatic rings. The van der Waals surface area contributed by atoms with Gasteiger partial charge in [0.2, 0.25) is 0 Å². The topological polar surface area (TPSA) is 121 Å². The molecule has 0 aliphatic heterocycles. The molecule has 0 aliphatic rings. The molecule has 0 spiro atoms. The molecule has 1 aromatic heterocycles. The standard InChI is InChI=1S/C7H8N4O3S2/c1-2(10-11-6(8)15)3-4(12)9-7(14)16-5(3)13/h13H,1H3,(H3,8,11,15)(H,9,12,14)/b10-2+. The van der Waals surface area contributed by atoms with E-state index in [-0.39, 0.29) is 16.4 Å². The number of nitrogens with two attached hydrogens (primary N) is 1. The fourth-order valence-corrected chi connectivity index (χ4v) is 1.64. The maximum absolute atomic E-state index is 11.4. The van der Waals surface area contributed by atoms with Gasteiger partial charge in [0, 0.05) is 0 Å². The Kier molecular flexibility index (Phi) is 3.74. The van der Waals surface area contributed by atoms with Crippen LogP contribution >= 0.6 is 23.6 Å². The van der Waals surface area contributed by atoms with Crippen molar-refractivity contribution in [3.05, 3.63) is 25.6 Å². The number of aromatic amines is 1. The summed E-state index contributed by atoms with van der Waals surface area (Å²) < 4.78 is 0. The summed E-state index contributed by atoms with van der Waals surface area (Å²) in [5.74, 6) is 0. The molecule has 86 valence electrons. The van der Waals surface area contributed by atoms with Gasteiger partial charge in [-0.1, -0.05) is 0 Å². The van der Waals surface area contributed by atoms with Crippen LogP contribution in [-0.4, -0.2) is 20.9 Å². The highest BCUT2D eigenvalue weighted by Gasteiger charge is 2.12. The number of aromatic hydroxyl groups is 1. The van der Waals surface area contributed by atoms with Crippen LogP contribution in [0.5, 0.6) is 5.06 Å². The van der Waals surface area contributed by atoms with E-state index in [0.29, 0.717) is 11.3 Å². The summed E-state index contributed by atoms with van der Waals surface area (Å²) in [5.41, 5.74) is 6.77. The molecule has 0 saturated heterocycles. The molecule has 9 heteroatoms. The van der Waals surface area contributed by atoms with Gasteiger partial charge >= 0.3 is 4.87 Å². The zero-order chi connectivity index (χ0) is 12.3. The first-order valence-corrected chi connectivity index (χ1v) is 5.20. The molecule has 0 bridgehead atoms. The summed E-state index contributed by atoms with van der Waals surface area (Å²) in [6.07, 6.45) is 0. The number of nitrogens with one attached hydrogen (secondary N) is 2. The number of hydrogen-bond donors (Lipinski definition) is 4. The van der Waals surface area contributed by atoms with E-state index < -0.39 is 15.5 Å². The monoisotopic (exact) mass is 260 g/mol. The minimum Gasteiger partial charge on any atom is -0.499 e. The predicted molar refractivity (Wildman–Crippen MR) is 65.0 cm³/mol. The van der Waals surface area contributed by atoms with E-state index in [1.165, 1.54) is 6.92 Å². The van der Waals surface area contributed by atoms with Crippen LogP contribution in [-0.2, 0) is 0 Å². The Morgan fingerprint density at radius 1 is 1.62 bits per heavy atom. The SMILES string of the molecule is C/C(=N\NC(N)=S)c1c(O)sc(=O)[nH]c1=O. The Morgan fingerprint density at radius 2 is 2.25 bits per heavy atom. The lowest BCUT2D eigenvalue weighted by Gasteiger charge is -2.01. The lowest BCUT2D eigenvalue weighted by Crippen LogP contribution is -2.27. The molecule has 0 saturated carbocycles. The molecule has 16 heavy (non-hydrogen) atoms. The molecule has 0 aromatic carbocycles. The second kappa shape index (κ2) is 4.86. The van der Waals surface area contributed by atoms with Crippen LogP contribution in [0.4, 0.5) is 0 Å². The third-order valence-electron chi connectivity index (χ3n) is 1.54. The Hall–Kier alpha value is -1.74. The van der Waals surface area contributed by atoms with Crippen molar-refractivity contribution in [3.63, 3.8) is 0 Å². The van der Waals surface area contributed by atoms with E-state index in [0.717, 1.165) is 0 Å². The van der Waals surface area contributed by atoms with E-state index in [2.05, 4.69) is 22.7 Å². The van der Waals surface area contributed by atoms with E-state index in [1.54, 1.807) is 0 Å². The van der Waals surface area contributed by atoms with Crippen LogP contribution in [0.15, 0.2) is 14.7 Å². The maximum Gasteiger partial charge on any atom is 0.310 e. The largest absolute Gasteiger partial charge is 0.499 e. The number of thiocarbonyl (C=S) groups is 1. The summed E-state index contributed by atoms with van der Waals surface area (Å²) in [5, 5.41) is 12.6. The van der Waals surface area contributed by atoms with E-state index in [1.807, 2.05) is 4.98 Å². The maximum atomic E-state index is 11.4. The van der Waals surface area contributed by atoms with Gasteiger partial charge in [0.1, 0.15) is 5.56 Å². The summed E-state index contributed by atoms with van der Waals surface area (Å²) >= 11 is 5.02. The van der Waals surface area contributed by atoms with Crippen molar-refractivity contribution < 1.29 is 5.11 Å². The average Bonchev–Trinajstić information content (AvgIpc) is 2.12. The fourth-order valence-electron chi connectivity index (χ4n) is 0.931. The molecule has 0 aliphatic carbocycles. The van der Waals surface area contributed by atoms with Crippen molar-refractivity contribution >= 4 is 34.4 Å². The first-order chi connectivity index (χ1) is 7.41.